The molecule has 2 heterocycles. The van der Waals surface area contributed by atoms with Crippen LogP contribution in [-0.4, -0.2) is 66.0 Å². The molecule has 0 aliphatic rings. The molecule has 0 atom stereocenters. The number of carbonyl (C=O) groups excluding carboxylic acids is 3. The molecule has 2 aromatic rings. The molecule has 0 unspecified atom stereocenters. The van der Waals surface area contributed by atoms with E-state index in [0.29, 0.717) is 0 Å². The number of ether oxygens (including phenoxy) is 1. The molecule has 0 saturated heterocycles. The van der Waals surface area contributed by atoms with Crippen molar-refractivity contribution in [3.8, 4) is 5.88 Å². The van der Waals surface area contributed by atoms with Crippen LogP contribution in [0.4, 0.5) is 22.7 Å². The van der Waals surface area contributed by atoms with Gasteiger partial charge in [-0.05, 0) is 13.8 Å². The van der Waals surface area contributed by atoms with Gasteiger partial charge < -0.3 is 21.4 Å². The van der Waals surface area contributed by atoms with Crippen LogP contribution in [0.2, 0.25) is 5.15 Å². The number of nitrogens with zero attached hydrogens (tertiary/aromatic N) is 6. The normalized spacial score (nSPS) is 8.51. The van der Waals surface area contributed by atoms with Gasteiger partial charge in [-0.3, -0.25) is 54.8 Å². The number of halogens is 1. The SMILES string of the molecule is CC(=O)CO.CC(=O)COc1ncc([N+](=O)[O-])cc1[N+](=O)[O-].O=CO[O-].O=[N+]([O-])c1cnc(Cl)c([N+](=O)[O-])c1.[H-].[K+].[K+]. The van der Waals surface area contributed by atoms with E-state index in [0.717, 1.165) is 24.5 Å². The maximum Gasteiger partial charge on any atom is 1.00 e. The van der Waals surface area contributed by atoms with Gasteiger partial charge in [-0.15, -0.1) is 0 Å². The molecule has 0 fully saturated rings. The Morgan fingerprint density at radius 3 is 1.61 bits per heavy atom. The van der Waals surface area contributed by atoms with Crippen LogP contribution in [0.15, 0.2) is 24.5 Å². The summed E-state index contributed by atoms with van der Waals surface area (Å²) in [5.74, 6) is -0.958. The van der Waals surface area contributed by atoms with Gasteiger partial charge in [0.2, 0.25) is 5.15 Å². The standard InChI is InChI=1S/C8H7N3O6.C5H2ClN3O4.C3H6O2.CH2O3.2K.H/c1-5(12)4-17-8-7(11(15)16)2-6(3-9-8)10(13)14;6-5-4(9(12)13)1-3(2-7-5)8(10)11;1-3(5)2-4;2-1-4-3;;;/h2-3H,4H2,1H3;1-2H;4H,2H2,1H3;1,3H;;;/q;;;;2*+1;-1/p-1. The van der Waals surface area contributed by atoms with Gasteiger partial charge in [0, 0.05) is 0 Å². The summed E-state index contributed by atoms with van der Waals surface area (Å²) in [5, 5.41) is 57.3. The Hall–Kier alpha value is -2.01. The Labute approximate surface area is 319 Å². The fourth-order valence-corrected chi connectivity index (χ4v) is 1.77. The Balaban J connectivity index is -0.000000162. The van der Waals surface area contributed by atoms with Crippen LogP contribution in [0.1, 0.15) is 15.3 Å². The summed E-state index contributed by atoms with van der Waals surface area (Å²) in [6, 6.07) is 1.48. The second-order valence-electron chi connectivity index (χ2n) is 6.09. The second kappa shape index (κ2) is 25.7. The Morgan fingerprint density at radius 2 is 1.29 bits per heavy atom. The fraction of sp³-hybridized carbons (Fsp3) is 0.235. The average Bonchev–Trinajstić information content (AvgIpc) is 2.87. The summed E-state index contributed by atoms with van der Waals surface area (Å²) in [6.07, 6.45) is 1.68. The molecule has 1 N–H and O–H groups in total. The van der Waals surface area contributed by atoms with Crippen LogP contribution in [0.25, 0.3) is 0 Å². The predicted octanol–water partition coefficient (Wildman–Crippen LogP) is -5.46. The molecule has 0 radical (unpaired) electrons. The van der Waals surface area contributed by atoms with Crippen molar-refractivity contribution < 1.29 is 158 Å². The zero-order chi connectivity index (χ0) is 30.7. The van der Waals surface area contributed by atoms with E-state index in [-0.39, 0.29) is 141 Å². The third-order valence-electron chi connectivity index (χ3n) is 3.11. The first-order chi connectivity index (χ1) is 18.1. The summed E-state index contributed by atoms with van der Waals surface area (Å²) in [7, 11) is 0. The molecule has 214 valence electrons. The number of Topliss-reactive ketones (excluding diaryl/α,β-unsaturated/α-hetero) is 2. The molecule has 21 nitrogen and oxygen atoms in total. The van der Waals surface area contributed by atoms with E-state index in [1.165, 1.54) is 13.8 Å². The summed E-state index contributed by atoms with van der Waals surface area (Å²) in [4.78, 5) is 76.4. The molecule has 0 aromatic carbocycles. The molecule has 0 amide bonds. The van der Waals surface area contributed by atoms with E-state index in [1.54, 1.807) is 0 Å². The van der Waals surface area contributed by atoms with Gasteiger partial charge in [-0.25, -0.2) is 9.97 Å². The maximum absolute atomic E-state index is 10.6. The molecule has 2 rings (SSSR count). The van der Waals surface area contributed by atoms with Crippen LogP contribution in [0.5, 0.6) is 5.88 Å². The molecular weight excluding hydrogens is 642 g/mol. The summed E-state index contributed by atoms with van der Waals surface area (Å²) < 4.78 is 4.77. The van der Waals surface area contributed by atoms with Crippen molar-refractivity contribution in [2.75, 3.05) is 13.2 Å². The molecule has 24 heteroatoms. The molecule has 0 aliphatic heterocycles. The first-order valence-corrected chi connectivity index (χ1v) is 9.68. The monoisotopic (exact) mass is 658 g/mol. The number of aliphatic hydroxyl groups is 1. The number of carbonyl (C=O) groups is 3. The van der Waals surface area contributed by atoms with E-state index in [4.69, 9.17) is 31.5 Å². The smallest absolute Gasteiger partial charge is 1.00 e. The minimum atomic E-state index is -0.866. The fourth-order valence-electron chi connectivity index (χ4n) is 1.60. The van der Waals surface area contributed by atoms with Gasteiger partial charge >= 0.3 is 114 Å². The van der Waals surface area contributed by atoms with Crippen LogP contribution >= 0.6 is 11.6 Å². The van der Waals surface area contributed by atoms with Gasteiger partial charge in [0.25, 0.3) is 23.7 Å². The zero-order valence-electron chi connectivity index (χ0n) is 22.5. The topological polar surface area (TPSA) is 311 Å². The van der Waals surface area contributed by atoms with Gasteiger partial charge in [0.1, 0.15) is 31.7 Å². The van der Waals surface area contributed by atoms with Crippen molar-refractivity contribution in [3.63, 3.8) is 0 Å². The van der Waals surface area contributed by atoms with Gasteiger partial charge in [-0.1, -0.05) is 11.6 Å². The van der Waals surface area contributed by atoms with Gasteiger partial charge in [-0.2, -0.15) is 0 Å². The Morgan fingerprint density at radius 1 is 0.902 bits per heavy atom. The molecule has 0 saturated carbocycles. The minimum Gasteiger partial charge on any atom is -1.00 e. The van der Waals surface area contributed by atoms with Crippen molar-refractivity contribution in [1.29, 1.82) is 0 Å². The van der Waals surface area contributed by atoms with Crippen molar-refractivity contribution >= 4 is 52.4 Å². The van der Waals surface area contributed by atoms with E-state index in [2.05, 4.69) is 14.9 Å². The number of aromatic nitrogens is 2. The largest absolute Gasteiger partial charge is 1.00 e. The van der Waals surface area contributed by atoms with Gasteiger partial charge in [0.15, 0.2) is 11.6 Å². The first-order valence-electron chi connectivity index (χ1n) is 9.30. The van der Waals surface area contributed by atoms with Crippen molar-refractivity contribution in [1.82, 2.24) is 9.97 Å². The Kier molecular flexibility index (Phi) is 28.8. The van der Waals surface area contributed by atoms with Crippen molar-refractivity contribution in [2.45, 2.75) is 13.8 Å². The number of ketones is 2. The molecular formula is C17H17ClK2N6O15. The summed E-state index contributed by atoms with van der Waals surface area (Å²) >= 11 is 5.32. The Bertz CT molecular complexity index is 1230. The minimum absolute atomic E-state index is 0. The van der Waals surface area contributed by atoms with E-state index >= 15 is 0 Å². The zero-order valence-corrected chi connectivity index (χ0v) is 28.5. The second-order valence-corrected chi connectivity index (χ2v) is 6.45. The van der Waals surface area contributed by atoms with Crippen LogP contribution in [0, 0.1) is 40.5 Å². The maximum atomic E-state index is 10.6. The number of hydrogen-bond donors (Lipinski definition) is 1. The number of pyridine rings is 2. The molecule has 0 aliphatic carbocycles. The van der Waals surface area contributed by atoms with Crippen LogP contribution < -0.4 is 113 Å². The summed E-state index contributed by atoms with van der Waals surface area (Å²) in [5.41, 5.74) is -2.21. The number of nitro groups is 4. The predicted molar refractivity (Wildman–Crippen MR) is 122 cm³/mol. The van der Waals surface area contributed by atoms with E-state index < -0.39 is 48.3 Å². The quantitative estimate of drug-likeness (QED) is 0.0655. The van der Waals surface area contributed by atoms with E-state index in [9.17, 15) is 50.0 Å². The summed E-state index contributed by atoms with van der Waals surface area (Å²) in [6.45, 7) is 1.67. The average molecular weight is 659 g/mol. The van der Waals surface area contributed by atoms with Crippen molar-refractivity contribution in [2.24, 2.45) is 0 Å². The van der Waals surface area contributed by atoms with Crippen LogP contribution in [0.3, 0.4) is 0 Å². The molecule has 2 aromatic heterocycles. The first kappa shape index (κ1) is 46.0. The van der Waals surface area contributed by atoms with Crippen molar-refractivity contribution in [3.05, 3.63) is 70.1 Å². The van der Waals surface area contributed by atoms with Gasteiger partial charge in [0.05, 0.1) is 25.8 Å². The number of rotatable bonds is 9. The third-order valence-corrected chi connectivity index (χ3v) is 3.40. The van der Waals surface area contributed by atoms with Crippen LogP contribution in [-0.2, 0) is 19.3 Å². The third kappa shape index (κ3) is 21.4. The number of aliphatic hydroxyl groups excluding tert-OH is 1. The molecule has 41 heavy (non-hydrogen) atoms. The molecule has 0 bridgehead atoms. The molecule has 0 spiro atoms. The number of hydrogen-bond acceptors (Lipinski definition) is 17. The van der Waals surface area contributed by atoms with E-state index in [1.807, 2.05) is 0 Å².